The van der Waals surface area contributed by atoms with E-state index in [9.17, 15) is 14.4 Å². The number of aromatic nitrogens is 2. The third-order valence-corrected chi connectivity index (χ3v) is 4.53. The first-order valence-corrected chi connectivity index (χ1v) is 8.27. The van der Waals surface area contributed by atoms with E-state index in [0.29, 0.717) is 6.42 Å². The number of ether oxygens (including phenoxy) is 1. The summed E-state index contributed by atoms with van der Waals surface area (Å²) in [6.45, 7) is 1.53. The van der Waals surface area contributed by atoms with E-state index in [1.165, 1.54) is 17.7 Å². The van der Waals surface area contributed by atoms with Crippen molar-refractivity contribution in [2.75, 3.05) is 14.2 Å². The van der Waals surface area contributed by atoms with E-state index < -0.39 is 11.2 Å². The normalized spacial score (nSPS) is 20.3. The second-order valence-corrected chi connectivity index (χ2v) is 6.31. The van der Waals surface area contributed by atoms with Crippen molar-refractivity contribution >= 4 is 5.78 Å². The van der Waals surface area contributed by atoms with Crippen LogP contribution in [0, 0.1) is 0 Å². The summed E-state index contributed by atoms with van der Waals surface area (Å²) >= 11 is 0. The van der Waals surface area contributed by atoms with Gasteiger partial charge in [0.25, 0.3) is 5.56 Å². The number of benzene rings is 1. The van der Waals surface area contributed by atoms with E-state index in [4.69, 9.17) is 9.57 Å². The molecule has 0 unspecified atom stereocenters. The highest BCUT2D eigenvalue weighted by Crippen LogP contribution is 2.33. The largest absolute Gasteiger partial charge is 0.497 e. The van der Waals surface area contributed by atoms with Gasteiger partial charge in [0.05, 0.1) is 31.4 Å². The number of aromatic amines is 1. The van der Waals surface area contributed by atoms with Crippen LogP contribution >= 0.6 is 0 Å². The van der Waals surface area contributed by atoms with Gasteiger partial charge in [0.2, 0.25) is 0 Å². The van der Waals surface area contributed by atoms with Crippen LogP contribution in [-0.2, 0) is 11.4 Å². The van der Waals surface area contributed by atoms with E-state index in [0.717, 1.165) is 11.3 Å². The number of Topliss-reactive ketones (excluding diaryl/α,β-unsaturated/α-hetero) is 1. The Morgan fingerprint density at radius 2 is 2.00 bits per heavy atom. The minimum atomic E-state index is -0.667. The Morgan fingerprint density at radius 3 is 2.62 bits per heavy atom. The molecule has 2 atom stereocenters. The molecule has 1 aromatic heterocycles. The number of hydrogen-bond acceptors (Lipinski definition) is 6. The van der Waals surface area contributed by atoms with Crippen molar-refractivity contribution in [3.63, 3.8) is 0 Å². The van der Waals surface area contributed by atoms with Crippen LogP contribution in [0.2, 0.25) is 0 Å². The first-order valence-electron chi connectivity index (χ1n) is 8.27. The first kappa shape index (κ1) is 18.1. The number of ketones is 1. The lowest BCUT2D eigenvalue weighted by atomic mass is 10.0. The highest BCUT2D eigenvalue weighted by Gasteiger charge is 2.32. The Bertz CT molecular complexity index is 916. The fraction of sp³-hybridized carbons (Fsp3) is 0.389. The maximum atomic E-state index is 12.0. The predicted octanol–water partition coefficient (Wildman–Crippen LogP) is 1.12. The highest BCUT2D eigenvalue weighted by atomic mass is 16.7. The molecule has 3 rings (SSSR count). The molecule has 0 spiro atoms. The third-order valence-electron chi connectivity index (χ3n) is 4.53. The van der Waals surface area contributed by atoms with Crippen LogP contribution in [0.4, 0.5) is 0 Å². The fourth-order valence-electron chi connectivity index (χ4n) is 3.14. The standard InChI is InChI=1S/C18H21N3O5/c1-11(22)15-10-21(18(24)19-17(15)23)9-14-8-16(20(2)26-14)12-4-6-13(25-3)7-5-12/h4-7,10,14,16H,8-9H2,1-3H3,(H,19,23,24)/t14-,16-/m1/s1. The molecule has 0 bridgehead atoms. The number of rotatable bonds is 5. The van der Waals surface area contributed by atoms with E-state index in [1.54, 1.807) is 12.2 Å². The van der Waals surface area contributed by atoms with Gasteiger partial charge in [-0.2, -0.15) is 5.06 Å². The van der Waals surface area contributed by atoms with Gasteiger partial charge in [-0.05, 0) is 31.0 Å². The summed E-state index contributed by atoms with van der Waals surface area (Å²) in [5, 5.41) is 1.76. The zero-order chi connectivity index (χ0) is 18.8. The predicted molar refractivity (Wildman–Crippen MR) is 94.3 cm³/mol. The lowest BCUT2D eigenvalue weighted by Crippen LogP contribution is -2.35. The Kier molecular flexibility index (Phi) is 5.06. The van der Waals surface area contributed by atoms with Gasteiger partial charge in [0.1, 0.15) is 5.75 Å². The van der Waals surface area contributed by atoms with Crippen molar-refractivity contribution in [2.45, 2.75) is 32.0 Å². The lowest BCUT2D eigenvalue weighted by Gasteiger charge is -2.18. The van der Waals surface area contributed by atoms with Crippen molar-refractivity contribution in [1.82, 2.24) is 14.6 Å². The summed E-state index contributed by atoms with van der Waals surface area (Å²) in [4.78, 5) is 43.2. The molecular weight excluding hydrogens is 338 g/mol. The summed E-state index contributed by atoms with van der Waals surface area (Å²) in [7, 11) is 3.46. The van der Waals surface area contributed by atoms with Gasteiger partial charge in [-0.1, -0.05) is 12.1 Å². The van der Waals surface area contributed by atoms with Crippen molar-refractivity contribution < 1.29 is 14.4 Å². The number of hydroxylamine groups is 2. The number of methoxy groups -OCH3 is 1. The van der Waals surface area contributed by atoms with Crippen molar-refractivity contribution in [3.05, 3.63) is 62.4 Å². The van der Waals surface area contributed by atoms with Gasteiger partial charge in [-0.3, -0.25) is 24.0 Å². The first-order chi connectivity index (χ1) is 12.4. The molecule has 1 saturated heterocycles. The van der Waals surface area contributed by atoms with Gasteiger partial charge in [0.15, 0.2) is 5.78 Å². The number of carbonyl (C=O) groups excluding carboxylic acids is 1. The van der Waals surface area contributed by atoms with Gasteiger partial charge in [0, 0.05) is 13.2 Å². The van der Waals surface area contributed by atoms with Crippen molar-refractivity contribution in [3.8, 4) is 5.75 Å². The molecule has 0 amide bonds. The average Bonchev–Trinajstić information content (AvgIpc) is 2.97. The van der Waals surface area contributed by atoms with Crippen LogP contribution in [0.25, 0.3) is 0 Å². The number of nitrogens with zero attached hydrogens (tertiary/aromatic N) is 2. The average molecular weight is 359 g/mol. The van der Waals surface area contributed by atoms with E-state index in [1.807, 2.05) is 31.3 Å². The molecule has 8 heteroatoms. The maximum Gasteiger partial charge on any atom is 0.328 e. The van der Waals surface area contributed by atoms with E-state index in [2.05, 4.69) is 4.98 Å². The monoisotopic (exact) mass is 359 g/mol. The molecule has 2 aromatic rings. The fourth-order valence-corrected chi connectivity index (χ4v) is 3.14. The third kappa shape index (κ3) is 3.61. The zero-order valence-corrected chi connectivity index (χ0v) is 14.9. The van der Waals surface area contributed by atoms with Crippen LogP contribution in [0.5, 0.6) is 5.75 Å². The smallest absolute Gasteiger partial charge is 0.328 e. The van der Waals surface area contributed by atoms with Crippen molar-refractivity contribution in [1.29, 1.82) is 0 Å². The summed E-state index contributed by atoms with van der Waals surface area (Å²) in [5.41, 5.74) is -0.185. The highest BCUT2D eigenvalue weighted by molar-refractivity contribution is 5.93. The summed E-state index contributed by atoms with van der Waals surface area (Å²) < 4.78 is 6.49. The molecule has 1 aromatic carbocycles. The van der Waals surface area contributed by atoms with E-state index >= 15 is 0 Å². The number of hydrogen-bond donors (Lipinski definition) is 1. The Labute approximate surface area is 149 Å². The van der Waals surface area contributed by atoms with Gasteiger partial charge < -0.3 is 4.74 Å². The van der Waals surface area contributed by atoms with Gasteiger partial charge in [-0.25, -0.2) is 4.79 Å². The van der Waals surface area contributed by atoms with Crippen molar-refractivity contribution in [2.24, 2.45) is 0 Å². The second-order valence-electron chi connectivity index (χ2n) is 6.31. The SMILES string of the molecule is COc1ccc([C@H]2C[C@H](Cn3cc(C(C)=O)c(=O)[nH]c3=O)ON2C)cc1. The quantitative estimate of drug-likeness (QED) is 0.804. The summed E-state index contributed by atoms with van der Waals surface area (Å²) in [6, 6.07) is 7.78. The zero-order valence-electron chi connectivity index (χ0n) is 14.9. The van der Waals surface area contributed by atoms with Gasteiger partial charge >= 0.3 is 5.69 Å². The van der Waals surface area contributed by atoms with Crippen LogP contribution in [0.1, 0.15) is 35.3 Å². The molecule has 0 saturated carbocycles. The summed E-state index contributed by atoms with van der Waals surface area (Å²) in [5.74, 6) is 0.393. The molecule has 0 aliphatic carbocycles. The maximum absolute atomic E-state index is 12.0. The minimum absolute atomic E-state index is 0.0386. The van der Waals surface area contributed by atoms with Crippen LogP contribution in [-0.4, -0.2) is 40.7 Å². The molecule has 2 heterocycles. The van der Waals surface area contributed by atoms with Gasteiger partial charge in [-0.15, -0.1) is 0 Å². The number of H-pyrrole nitrogens is 1. The lowest BCUT2D eigenvalue weighted by molar-refractivity contribution is -0.147. The molecule has 1 fully saturated rings. The number of carbonyl (C=O) groups is 1. The molecule has 1 aliphatic rings. The Morgan fingerprint density at radius 1 is 1.31 bits per heavy atom. The minimum Gasteiger partial charge on any atom is -0.497 e. The Hall–Kier alpha value is -2.71. The van der Waals surface area contributed by atoms with Crippen LogP contribution < -0.4 is 16.0 Å². The Balaban J connectivity index is 1.78. The molecule has 8 nitrogen and oxygen atoms in total. The molecule has 1 aliphatic heterocycles. The second kappa shape index (κ2) is 7.27. The van der Waals surface area contributed by atoms with Crippen LogP contribution in [0.15, 0.2) is 40.1 Å². The summed E-state index contributed by atoms with van der Waals surface area (Å²) in [6.07, 6.45) is 1.72. The topological polar surface area (TPSA) is 93.6 Å². The number of nitrogens with one attached hydrogen (secondary N) is 1. The molecule has 26 heavy (non-hydrogen) atoms. The van der Waals surface area contributed by atoms with Crippen LogP contribution in [0.3, 0.4) is 0 Å². The van der Waals surface area contributed by atoms with E-state index in [-0.39, 0.29) is 30.0 Å². The molecule has 1 N–H and O–H groups in total. The molecule has 138 valence electrons. The molecular formula is C18H21N3O5. The molecule has 0 radical (unpaired) electrons.